The number of rotatable bonds is 6. The van der Waals surface area contributed by atoms with Gasteiger partial charge in [0.15, 0.2) is 0 Å². The molecule has 130 valence electrons. The molecule has 0 aliphatic rings. The van der Waals surface area contributed by atoms with E-state index in [-0.39, 0.29) is 22.2 Å². The molecule has 0 unspecified atom stereocenters. The summed E-state index contributed by atoms with van der Waals surface area (Å²) in [5.41, 5.74) is 1.90. The molecule has 0 spiro atoms. The maximum absolute atomic E-state index is 12.6. The predicted molar refractivity (Wildman–Crippen MR) is 87.9 cm³/mol. The fourth-order valence-corrected chi connectivity index (χ4v) is 3.52. The third-order valence-corrected chi connectivity index (χ3v) is 5.45. The van der Waals surface area contributed by atoms with Crippen molar-refractivity contribution in [1.29, 1.82) is 0 Å². The average molecular weight is 376 g/mol. The highest BCUT2D eigenvalue weighted by molar-refractivity contribution is 7.89. The molecular formula is C16H16ClF2NO3S. The highest BCUT2D eigenvalue weighted by atomic mass is 35.5. The van der Waals surface area contributed by atoms with Gasteiger partial charge in [-0.15, -0.1) is 0 Å². The van der Waals surface area contributed by atoms with Gasteiger partial charge in [-0.1, -0.05) is 41.4 Å². The molecular weight excluding hydrogens is 360 g/mol. The molecule has 0 fully saturated rings. The molecule has 0 aromatic heterocycles. The lowest BCUT2D eigenvalue weighted by Crippen LogP contribution is -2.26. The van der Waals surface area contributed by atoms with Crippen molar-refractivity contribution in [3.63, 3.8) is 0 Å². The quantitative estimate of drug-likeness (QED) is 0.764. The summed E-state index contributed by atoms with van der Waals surface area (Å²) in [5, 5.41) is -0.194. The molecule has 4 nitrogen and oxygen atoms in total. The van der Waals surface area contributed by atoms with E-state index in [0.29, 0.717) is 0 Å². The molecule has 2 aromatic carbocycles. The van der Waals surface area contributed by atoms with Crippen molar-refractivity contribution in [2.24, 2.45) is 0 Å². The van der Waals surface area contributed by atoms with Crippen LogP contribution in [-0.4, -0.2) is 26.4 Å². The molecule has 0 heterocycles. The Morgan fingerprint density at radius 3 is 2.33 bits per heavy atom. The molecule has 0 saturated heterocycles. The topological polar surface area (TPSA) is 46.6 Å². The normalized spacial score (nSPS) is 12.0. The highest BCUT2D eigenvalue weighted by Gasteiger charge is 2.22. The number of hydrogen-bond donors (Lipinski definition) is 0. The number of nitrogens with zero attached hydrogens (tertiary/aromatic N) is 1. The third kappa shape index (κ3) is 4.43. The fourth-order valence-electron chi connectivity index (χ4n) is 2.05. The van der Waals surface area contributed by atoms with Gasteiger partial charge in [0.1, 0.15) is 5.75 Å². The van der Waals surface area contributed by atoms with Crippen molar-refractivity contribution in [3.8, 4) is 5.75 Å². The van der Waals surface area contributed by atoms with E-state index in [1.807, 2.05) is 31.2 Å². The van der Waals surface area contributed by atoms with Crippen LogP contribution >= 0.6 is 11.6 Å². The fraction of sp³-hybridized carbons (Fsp3) is 0.250. The number of hydrogen-bond acceptors (Lipinski definition) is 3. The van der Waals surface area contributed by atoms with E-state index in [4.69, 9.17) is 11.6 Å². The monoisotopic (exact) mass is 375 g/mol. The first-order chi connectivity index (χ1) is 11.2. The Kier molecular flexibility index (Phi) is 5.79. The second-order valence-electron chi connectivity index (χ2n) is 5.22. The summed E-state index contributed by atoms with van der Waals surface area (Å²) in [6.45, 7) is -0.917. The van der Waals surface area contributed by atoms with Gasteiger partial charge >= 0.3 is 6.61 Å². The van der Waals surface area contributed by atoms with E-state index in [2.05, 4.69) is 4.74 Å². The van der Waals surface area contributed by atoms with E-state index in [0.717, 1.165) is 27.6 Å². The molecule has 0 radical (unpaired) electrons. The summed E-state index contributed by atoms with van der Waals surface area (Å²) in [4.78, 5) is -0.0938. The van der Waals surface area contributed by atoms with Gasteiger partial charge in [0.25, 0.3) is 0 Å². The SMILES string of the molecule is Cc1ccc(CN(C)S(=O)(=O)c2ccc(OC(F)F)c(Cl)c2)cc1. The van der Waals surface area contributed by atoms with Crippen LogP contribution in [0.5, 0.6) is 5.75 Å². The van der Waals surface area contributed by atoms with E-state index in [1.165, 1.54) is 13.1 Å². The van der Waals surface area contributed by atoms with Gasteiger partial charge in [0.05, 0.1) is 9.92 Å². The van der Waals surface area contributed by atoms with Crippen LogP contribution in [0.4, 0.5) is 8.78 Å². The van der Waals surface area contributed by atoms with Crippen molar-refractivity contribution < 1.29 is 21.9 Å². The molecule has 0 atom stereocenters. The average Bonchev–Trinajstić information content (AvgIpc) is 2.51. The van der Waals surface area contributed by atoms with E-state index in [9.17, 15) is 17.2 Å². The summed E-state index contributed by atoms with van der Waals surface area (Å²) in [6, 6.07) is 10.9. The van der Waals surface area contributed by atoms with Gasteiger partial charge in [0, 0.05) is 13.6 Å². The number of sulfonamides is 1. The lowest BCUT2D eigenvalue weighted by molar-refractivity contribution is -0.0498. The van der Waals surface area contributed by atoms with Crippen LogP contribution < -0.4 is 4.74 Å². The van der Waals surface area contributed by atoms with Gasteiger partial charge in [-0.05, 0) is 30.7 Å². The molecule has 8 heteroatoms. The lowest BCUT2D eigenvalue weighted by atomic mass is 10.1. The number of benzene rings is 2. The highest BCUT2D eigenvalue weighted by Crippen LogP contribution is 2.29. The van der Waals surface area contributed by atoms with Gasteiger partial charge in [-0.3, -0.25) is 0 Å². The summed E-state index contributed by atoms with van der Waals surface area (Å²) in [5.74, 6) is -0.271. The summed E-state index contributed by atoms with van der Waals surface area (Å²) >= 11 is 5.82. The molecule has 0 saturated carbocycles. The van der Waals surface area contributed by atoms with Gasteiger partial charge in [-0.25, -0.2) is 8.42 Å². The number of alkyl halides is 2. The third-order valence-electron chi connectivity index (χ3n) is 3.35. The first kappa shape index (κ1) is 18.6. The number of halogens is 3. The molecule has 0 aliphatic heterocycles. The molecule has 0 bridgehead atoms. The maximum Gasteiger partial charge on any atom is 0.387 e. The lowest BCUT2D eigenvalue weighted by Gasteiger charge is -2.18. The molecule has 24 heavy (non-hydrogen) atoms. The minimum Gasteiger partial charge on any atom is -0.433 e. The first-order valence-electron chi connectivity index (χ1n) is 6.96. The zero-order chi connectivity index (χ0) is 17.9. The largest absolute Gasteiger partial charge is 0.433 e. The maximum atomic E-state index is 12.6. The van der Waals surface area contributed by atoms with Gasteiger partial charge in [-0.2, -0.15) is 13.1 Å². The van der Waals surface area contributed by atoms with Crippen LogP contribution in [0.3, 0.4) is 0 Å². The van der Waals surface area contributed by atoms with Crippen LogP contribution in [0.2, 0.25) is 5.02 Å². The Bertz CT molecular complexity index is 811. The smallest absolute Gasteiger partial charge is 0.387 e. The Labute approximate surface area is 144 Å². The van der Waals surface area contributed by atoms with Crippen LogP contribution in [0.1, 0.15) is 11.1 Å². The Hall–Kier alpha value is -1.70. The summed E-state index contributed by atoms with van der Waals surface area (Å²) in [6.07, 6.45) is 0. The van der Waals surface area contributed by atoms with Crippen molar-refractivity contribution in [3.05, 3.63) is 58.6 Å². The Morgan fingerprint density at radius 2 is 1.79 bits per heavy atom. The van der Waals surface area contributed by atoms with Crippen molar-refractivity contribution in [2.75, 3.05) is 7.05 Å². The van der Waals surface area contributed by atoms with Crippen LogP contribution in [-0.2, 0) is 16.6 Å². The molecule has 0 aliphatic carbocycles. The van der Waals surface area contributed by atoms with Crippen molar-refractivity contribution in [1.82, 2.24) is 4.31 Å². The zero-order valence-corrected chi connectivity index (χ0v) is 14.6. The summed E-state index contributed by atoms with van der Waals surface area (Å²) in [7, 11) is -2.37. The number of ether oxygens (including phenoxy) is 1. The second kappa shape index (κ2) is 7.46. The van der Waals surface area contributed by atoms with E-state index < -0.39 is 16.6 Å². The van der Waals surface area contributed by atoms with Crippen LogP contribution in [0.15, 0.2) is 47.4 Å². The van der Waals surface area contributed by atoms with Crippen LogP contribution in [0, 0.1) is 6.92 Å². The second-order valence-corrected chi connectivity index (χ2v) is 7.67. The Balaban J connectivity index is 2.22. The zero-order valence-electron chi connectivity index (χ0n) is 13.0. The minimum atomic E-state index is -3.81. The summed E-state index contributed by atoms with van der Waals surface area (Å²) < 4.78 is 55.0. The van der Waals surface area contributed by atoms with E-state index >= 15 is 0 Å². The van der Waals surface area contributed by atoms with Gasteiger partial charge in [0.2, 0.25) is 10.0 Å². The van der Waals surface area contributed by atoms with Crippen LogP contribution in [0.25, 0.3) is 0 Å². The van der Waals surface area contributed by atoms with Crippen molar-refractivity contribution in [2.45, 2.75) is 25.0 Å². The Morgan fingerprint density at radius 1 is 1.17 bits per heavy atom. The first-order valence-corrected chi connectivity index (χ1v) is 8.78. The minimum absolute atomic E-state index is 0.0938. The van der Waals surface area contributed by atoms with Crippen molar-refractivity contribution >= 4 is 21.6 Å². The molecule has 0 N–H and O–H groups in total. The molecule has 0 amide bonds. The number of aryl methyl sites for hydroxylation is 1. The molecule has 2 aromatic rings. The standard InChI is InChI=1S/C16H16ClF2NO3S/c1-11-3-5-12(6-4-11)10-20(2)24(21,22)13-7-8-15(14(17)9-13)23-16(18)19/h3-9,16H,10H2,1-2H3. The van der Waals surface area contributed by atoms with E-state index in [1.54, 1.807) is 0 Å². The molecule has 2 rings (SSSR count). The van der Waals surface area contributed by atoms with Gasteiger partial charge < -0.3 is 4.74 Å². The predicted octanol–water partition coefficient (Wildman–Crippen LogP) is 4.07.